The summed E-state index contributed by atoms with van der Waals surface area (Å²) < 4.78 is 10.3. The van der Waals surface area contributed by atoms with Crippen molar-refractivity contribution in [3.05, 3.63) is 41.7 Å². The van der Waals surface area contributed by atoms with Crippen LogP contribution < -0.4 is 15.4 Å². The molecular weight excluding hydrogens is 448 g/mol. The molecule has 1 saturated carbocycles. The molecule has 9 nitrogen and oxygen atoms in total. The molecule has 0 spiro atoms. The van der Waals surface area contributed by atoms with Crippen molar-refractivity contribution in [3.8, 4) is 5.75 Å². The molecule has 1 aromatic carbocycles. The third-order valence-electron chi connectivity index (χ3n) is 6.21. The van der Waals surface area contributed by atoms with Crippen LogP contribution in [0.3, 0.4) is 0 Å². The molecule has 1 aliphatic carbocycles. The van der Waals surface area contributed by atoms with Crippen molar-refractivity contribution >= 4 is 23.5 Å². The van der Waals surface area contributed by atoms with Gasteiger partial charge < -0.3 is 24.8 Å². The molecule has 1 aliphatic rings. The summed E-state index contributed by atoms with van der Waals surface area (Å²) >= 11 is 0. The van der Waals surface area contributed by atoms with E-state index in [1.54, 1.807) is 31.1 Å². The molecule has 1 heterocycles. The number of carbonyl (C=O) groups is 3. The van der Waals surface area contributed by atoms with E-state index in [2.05, 4.69) is 15.8 Å². The Kier molecular flexibility index (Phi) is 9.69. The largest absolute Gasteiger partial charge is 0.497 e. The number of aromatic nitrogens is 1. The van der Waals surface area contributed by atoms with E-state index in [1.807, 2.05) is 25.1 Å². The van der Waals surface area contributed by atoms with Gasteiger partial charge in [0.2, 0.25) is 17.7 Å². The second kappa shape index (κ2) is 12.9. The van der Waals surface area contributed by atoms with Gasteiger partial charge in [-0.15, -0.1) is 0 Å². The van der Waals surface area contributed by atoms with Crippen LogP contribution in [0.1, 0.15) is 75.7 Å². The van der Waals surface area contributed by atoms with Crippen LogP contribution in [0.2, 0.25) is 0 Å². The van der Waals surface area contributed by atoms with Gasteiger partial charge in [-0.3, -0.25) is 14.4 Å². The Morgan fingerprint density at radius 2 is 1.97 bits per heavy atom. The number of aryl methyl sites for hydroxylation is 1. The monoisotopic (exact) mass is 484 g/mol. The molecule has 2 N–H and O–H groups in total. The Morgan fingerprint density at radius 3 is 2.63 bits per heavy atom. The van der Waals surface area contributed by atoms with Crippen molar-refractivity contribution in [1.82, 2.24) is 15.4 Å². The molecular formula is C26H36N4O5. The predicted molar refractivity (Wildman–Crippen MR) is 132 cm³/mol. The van der Waals surface area contributed by atoms with E-state index < -0.39 is 6.04 Å². The molecule has 0 aliphatic heterocycles. The lowest BCUT2D eigenvalue weighted by molar-refractivity contribution is -0.141. The van der Waals surface area contributed by atoms with Crippen molar-refractivity contribution in [1.29, 1.82) is 0 Å². The fourth-order valence-corrected chi connectivity index (χ4v) is 4.36. The Morgan fingerprint density at radius 1 is 1.20 bits per heavy atom. The van der Waals surface area contributed by atoms with Gasteiger partial charge in [0.05, 0.1) is 7.11 Å². The molecule has 2 aromatic rings. The smallest absolute Gasteiger partial charge is 0.247 e. The fraction of sp³-hybridized carbons (Fsp3) is 0.538. The number of rotatable bonds is 12. The van der Waals surface area contributed by atoms with E-state index in [1.165, 1.54) is 0 Å². The minimum Gasteiger partial charge on any atom is -0.497 e. The lowest BCUT2D eigenvalue weighted by atomic mass is 10.0. The molecule has 9 heteroatoms. The Hall–Kier alpha value is -3.36. The molecule has 0 radical (unpaired) electrons. The molecule has 0 unspecified atom stereocenters. The van der Waals surface area contributed by atoms with Crippen molar-refractivity contribution in [2.75, 3.05) is 19.0 Å². The zero-order valence-corrected chi connectivity index (χ0v) is 20.8. The summed E-state index contributed by atoms with van der Waals surface area (Å²) in [5, 5.41) is 9.54. The second-order valence-electron chi connectivity index (χ2n) is 8.98. The fourth-order valence-electron chi connectivity index (χ4n) is 4.36. The van der Waals surface area contributed by atoms with E-state index in [0.717, 1.165) is 38.5 Å². The number of unbranched alkanes of at least 4 members (excludes halogenated alkanes) is 1. The number of nitrogens with one attached hydrogen (secondary N) is 2. The summed E-state index contributed by atoms with van der Waals surface area (Å²) in [5.41, 5.74) is 0.687. The van der Waals surface area contributed by atoms with Gasteiger partial charge in [-0.1, -0.05) is 43.5 Å². The Bertz CT molecular complexity index is 999. The molecule has 35 heavy (non-hydrogen) atoms. The molecule has 3 rings (SSSR count). The lowest BCUT2D eigenvalue weighted by Gasteiger charge is -2.32. The van der Waals surface area contributed by atoms with Crippen molar-refractivity contribution in [2.45, 2.75) is 77.3 Å². The number of hydrogen-bond donors (Lipinski definition) is 2. The number of methoxy groups -OCH3 is 1. The van der Waals surface area contributed by atoms with E-state index in [0.29, 0.717) is 29.4 Å². The summed E-state index contributed by atoms with van der Waals surface area (Å²) in [5.74, 6) is 0.725. The number of hydrogen-bond acceptors (Lipinski definition) is 6. The lowest BCUT2D eigenvalue weighted by Crippen LogP contribution is -2.46. The second-order valence-corrected chi connectivity index (χ2v) is 8.98. The van der Waals surface area contributed by atoms with Crippen LogP contribution in [0, 0.1) is 6.92 Å². The van der Waals surface area contributed by atoms with Crippen molar-refractivity contribution < 1.29 is 23.6 Å². The highest BCUT2D eigenvalue weighted by Gasteiger charge is 2.33. The number of nitrogens with zero attached hydrogens (tertiary/aromatic N) is 2. The van der Waals surface area contributed by atoms with Gasteiger partial charge in [0, 0.05) is 31.5 Å². The van der Waals surface area contributed by atoms with Crippen LogP contribution in [0.5, 0.6) is 5.75 Å². The molecule has 0 bridgehead atoms. The van der Waals surface area contributed by atoms with Gasteiger partial charge in [0.25, 0.3) is 0 Å². The summed E-state index contributed by atoms with van der Waals surface area (Å²) in [6, 6.07) is 8.20. The first kappa shape index (κ1) is 26.2. The third kappa shape index (κ3) is 7.56. The summed E-state index contributed by atoms with van der Waals surface area (Å²) in [6.07, 6.45) is 5.63. The van der Waals surface area contributed by atoms with E-state index >= 15 is 0 Å². The molecule has 1 atom stereocenters. The van der Waals surface area contributed by atoms with Crippen molar-refractivity contribution in [2.24, 2.45) is 0 Å². The SMILES string of the molecule is CCCCN(C(=O)CCC(=O)Nc1cc(C)on1)[C@@H](C(=O)NC1CCCC1)c1cccc(OC)c1. The topological polar surface area (TPSA) is 114 Å². The van der Waals surface area contributed by atoms with Crippen LogP contribution in [-0.2, 0) is 14.4 Å². The van der Waals surface area contributed by atoms with E-state index in [9.17, 15) is 14.4 Å². The number of amides is 3. The molecule has 190 valence electrons. The minimum absolute atomic E-state index is 0.0242. The minimum atomic E-state index is -0.800. The average molecular weight is 485 g/mol. The van der Waals surface area contributed by atoms with Gasteiger partial charge >= 0.3 is 0 Å². The summed E-state index contributed by atoms with van der Waals surface area (Å²) in [4.78, 5) is 41.0. The highest BCUT2D eigenvalue weighted by atomic mass is 16.5. The zero-order valence-electron chi connectivity index (χ0n) is 20.8. The average Bonchev–Trinajstić information content (AvgIpc) is 3.51. The maximum absolute atomic E-state index is 13.5. The molecule has 3 amide bonds. The van der Waals surface area contributed by atoms with Gasteiger partial charge in [-0.25, -0.2) is 0 Å². The number of anilines is 1. The molecule has 0 saturated heterocycles. The van der Waals surface area contributed by atoms with E-state index in [-0.39, 0.29) is 36.6 Å². The van der Waals surface area contributed by atoms with Gasteiger partial charge in [-0.2, -0.15) is 0 Å². The van der Waals surface area contributed by atoms with Crippen molar-refractivity contribution in [3.63, 3.8) is 0 Å². The first-order chi connectivity index (χ1) is 16.9. The number of ether oxygens (including phenoxy) is 1. The standard InChI is InChI=1S/C26H36N4O5/c1-4-5-15-30(24(32)14-13-23(31)28-22-16-18(2)35-29-22)25(19-9-8-12-21(17-19)34-3)26(33)27-20-10-6-7-11-20/h8-9,12,16-17,20,25H,4-7,10-11,13-15H2,1-3H3,(H,27,33)(H,28,29,31)/t25-/m1/s1. The zero-order chi connectivity index (χ0) is 25.2. The predicted octanol–water partition coefficient (Wildman–Crippen LogP) is 4.14. The van der Waals surface area contributed by atoms with Crippen LogP contribution in [0.25, 0.3) is 0 Å². The van der Waals surface area contributed by atoms with Gasteiger partial charge in [-0.05, 0) is 43.9 Å². The highest BCUT2D eigenvalue weighted by molar-refractivity contribution is 5.94. The normalized spacial score (nSPS) is 14.4. The van der Waals surface area contributed by atoms with Crippen LogP contribution in [0.4, 0.5) is 5.82 Å². The van der Waals surface area contributed by atoms with E-state index in [4.69, 9.17) is 9.26 Å². The Balaban J connectivity index is 1.78. The van der Waals surface area contributed by atoms with Crippen LogP contribution in [0.15, 0.2) is 34.9 Å². The van der Waals surface area contributed by atoms with Gasteiger partial charge in [0.15, 0.2) is 5.82 Å². The highest BCUT2D eigenvalue weighted by Crippen LogP contribution is 2.28. The maximum Gasteiger partial charge on any atom is 0.247 e. The van der Waals surface area contributed by atoms with Crippen LogP contribution >= 0.6 is 0 Å². The third-order valence-corrected chi connectivity index (χ3v) is 6.21. The first-order valence-electron chi connectivity index (χ1n) is 12.4. The number of benzene rings is 1. The van der Waals surface area contributed by atoms with Crippen LogP contribution in [-0.4, -0.2) is 47.5 Å². The number of carbonyl (C=O) groups excluding carboxylic acids is 3. The summed E-state index contributed by atoms with van der Waals surface area (Å²) in [6.45, 7) is 4.18. The maximum atomic E-state index is 13.5. The quantitative estimate of drug-likeness (QED) is 0.468. The molecule has 1 fully saturated rings. The van der Waals surface area contributed by atoms with Gasteiger partial charge in [0.1, 0.15) is 17.6 Å². The first-order valence-corrected chi connectivity index (χ1v) is 12.4. The summed E-state index contributed by atoms with van der Waals surface area (Å²) in [7, 11) is 1.57. The Labute approximate surface area is 206 Å². The molecule has 1 aromatic heterocycles.